The topological polar surface area (TPSA) is 54.5 Å². The SMILES string of the molecule is CCCNc1cc(C(=O)N2CCOCC2)c(Cl)cn1. The van der Waals surface area contributed by atoms with Gasteiger partial charge in [0.2, 0.25) is 0 Å². The molecule has 1 aliphatic heterocycles. The lowest BCUT2D eigenvalue weighted by Crippen LogP contribution is -2.40. The predicted molar refractivity (Wildman–Crippen MR) is 74.8 cm³/mol. The summed E-state index contributed by atoms with van der Waals surface area (Å²) in [6.45, 7) is 5.26. The van der Waals surface area contributed by atoms with E-state index in [0.717, 1.165) is 13.0 Å². The molecular weight excluding hydrogens is 266 g/mol. The summed E-state index contributed by atoms with van der Waals surface area (Å²) in [5.74, 6) is 0.623. The molecule has 0 saturated carbocycles. The van der Waals surface area contributed by atoms with Gasteiger partial charge in [-0.3, -0.25) is 4.79 Å². The number of pyridine rings is 1. The number of ether oxygens (including phenoxy) is 1. The largest absolute Gasteiger partial charge is 0.378 e. The van der Waals surface area contributed by atoms with Crippen molar-refractivity contribution in [3.05, 3.63) is 22.8 Å². The highest BCUT2D eigenvalue weighted by Crippen LogP contribution is 2.20. The smallest absolute Gasteiger partial charge is 0.255 e. The van der Waals surface area contributed by atoms with Crippen LogP contribution in [-0.2, 0) is 4.74 Å². The Kier molecular flexibility index (Phi) is 4.99. The molecule has 1 aromatic rings. The molecule has 1 aromatic heterocycles. The molecule has 0 unspecified atom stereocenters. The second kappa shape index (κ2) is 6.73. The first-order valence-corrected chi connectivity index (χ1v) is 6.86. The van der Waals surface area contributed by atoms with Crippen LogP contribution >= 0.6 is 11.6 Å². The maximum atomic E-state index is 12.4. The fraction of sp³-hybridized carbons (Fsp3) is 0.538. The van der Waals surface area contributed by atoms with E-state index >= 15 is 0 Å². The number of morpholine rings is 1. The van der Waals surface area contributed by atoms with Gasteiger partial charge in [0.15, 0.2) is 0 Å². The number of nitrogens with zero attached hydrogens (tertiary/aromatic N) is 2. The number of halogens is 1. The summed E-state index contributed by atoms with van der Waals surface area (Å²) >= 11 is 6.08. The fourth-order valence-corrected chi connectivity index (χ4v) is 2.07. The van der Waals surface area contributed by atoms with E-state index in [0.29, 0.717) is 42.7 Å². The van der Waals surface area contributed by atoms with E-state index in [1.165, 1.54) is 6.20 Å². The van der Waals surface area contributed by atoms with E-state index < -0.39 is 0 Å². The van der Waals surface area contributed by atoms with Gasteiger partial charge >= 0.3 is 0 Å². The number of amides is 1. The Labute approximate surface area is 117 Å². The van der Waals surface area contributed by atoms with Gasteiger partial charge in [-0.05, 0) is 12.5 Å². The van der Waals surface area contributed by atoms with Crippen LogP contribution in [0.15, 0.2) is 12.3 Å². The Morgan fingerprint density at radius 1 is 1.53 bits per heavy atom. The molecule has 6 heteroatoms. The summed E-state index contributed by atoms with van der Waals surface area (Å²) in [5, 5.41) is 3.54. The molecule has 0 radical (unpaired) electrons. The normalized spacial score (nSPS) is 15.4. The van der Waals surface area contributed by atoms with Gasteiger partial charge in [0.1, 0.15) is 5.82 Å². The minimum atomic E-state index is -0.0600. The van der Waals surface area contributed by atoms with Crippen LogP contribution in [0.3, 0.4) is 0 Å². The van der Waals surface area contributed by atoms with Gasteiger partial charge in [-0.2, -0.15) is 0 Å². The van der Waals surface area contributed by atoms with Crippen LogP contribution < -0.4 is 5.32 Å². The number of rotatable bonds is 4. The number of hydrogen-bond donors (Lipinski definition) is 1. The molecule has 5 nitrogen and oxygen atoms in total. The first-order chi connectivity index (χ1) is 9.22. The maximum Gasteiger partial charge on any atom is 0.255 e. The molecule has 0 aliphatic carbocycles. The van der Waals surface area contributed by atoms with Gasteiger partial charge in [0.05, 0.1) is 23.8 Å². The first kappa shape index (κ1) is 14.1. The van der Waals surface area contributed by atoms with Crippen LogP contribution in [0.25, 0.3) is 0 Å². The Morgan fingerprint density at radius 3 is 2.95 bits per heavy atom. The summed E-state index contributed by atoms with van der Waals surface area (Å²) in [4.78, 5) is 18.3. The molecule has 1 N–H and O–H groups in total. The third-order valence-electron chi connectivity index (χ3n) is 2.94. The van der Waals surface area contributed by atoms with Gasteiger partial charge in [0, 0.05) is 25.8 Å². The van der Waals surface area contributed by atoms with Crippen LogP contribution in [0, 0.1) is 0 Å². The minimum Gasteiger partial charge on any atom is -0.378 e. The highest BCUT2D eigenvalue weighted by Gasteiger charge is 2.21. The molecule has 1 amide bonds. The van der Waals surface area contributed by atoms with Gasteiger partial charge in [-0.15, -0.1) is 0 Å². The highest BCUT2D eigenvalue weighted by atomic mass is 35.5. The first-order valence-electron chi connectivity index (χ1n) is 6.49. The van der Waals surface area contributed by atoms with Crippen molar-refractivity contribution in [2.75, 3.05) is 38.2 Å². The molecule has 19 heavy (non-hydrogen) atoms. The second-order valence-corrected chi connectivity index (χ2v) is 4.79. The molecule has 0 bridgehead atoms. The number of aromatic nitrogens is 1. The van der Waals surface area contributed by atoms with Crippen LogP contribution in [-0.4, -0.2) is 48.6 Å². The number of carbonyl (C=O) groups excluding carboxylic acids is 1. The van der Waals surface area contributed by atoms with E-state index in [9.17, 15) is 4.79 Å². The van der Waals surface area contributed by atoms with Crippen molar-refractivity contribution < 1.29 is 9.53 Å². The predicted octanol–water partition coefficient (Wildman–Crippen LogP) is 2.03. The summed E-state index contributed by atoms with van der Waals surface area (Å²) in [5.41, 5.74) is 0.497. The van der Waals surface area contributed by atoms with Gasteiger partial charge < -0.3 is 15.0 Å². The Hall–Kier alpha value is -1.33. The van der Waals surface area contributed by atoms with Crippen LogP contribution in [0.1, 0.15) is 23.7 Å². The third-order valence-corrected chi connectivity index (χ3v) is 3.24. The van der Waals surface area contributed by atoms with Crippen LogP contribution in [0.5, 0.6) is 0 Å². The quantitative estimate of drug-likeness (QED) is 0.919. The molecule has 104 valence electrons. The zero-order valence-electron chi connectivity index (χ0n) is 11.0. The Morgan fingerprint density at radius 2 is 2.26 bits per heavy atom. The zero-order chi connectivity index (χ0) is 13.7. The lowest BCUT2D eigenvalue weighted by atomic mass is 10.2. The second-order valence-electron chi connectivity index (χ2n) is 4.38. The van der Waals surface area contributed by atoms with Gasteiger partial charge in [-0.25, -0.2) is 4.98 Å². The lowest BCUT2D eigenvalue weighted by molar-refractivity contribution is 0.0303. The molecule has 1 aliphatic rings. The zero-order valence-corrected chi connectivity index (χ0v) is 11.7. The molecule has 1 saturated heterocycles. The third kappa shape index (κ3) is 3.58. The van der Waals surface area contributed by atoms with E-state index in [1.54, 1.807) is 11.0 Å². The fourth-order valence-electron chi connectivity index (χ4n) is 1.89. The Bertz CT molecular complexity index is 448. The van der Waals surface area contributed by atoms with Gasteiger partial charge in [-0.1, -0.05) is 18.5 Å². The van der Waals surface area contributed by atoms with Crippen LogP contribution in [0.4, 0.5) is 5.82 Å². The molecule has 2 rings (SSSR count). The van der Waals surface area contributed by atoms with E-state index in [2.05, 4.69) is 17.2 Å². The number of hydrogen-bond acceptors (Lipinski definition) is 4. The molecule has 0 spiro atoms. The van der Waals surface area contributed by atoms with Crippen molar-refractivity contribution in [3.8, 4) is 0 Å². The number of carbonyl (C=O) groups is 1. The maximum absolute atomic E-state index is 12.4. The average molecular weight is 284 g/mol. The molecular formula is C13H18ClN3O2. The van der Waals surface area contributed by atoms with Crippen molar-refractivity contribution in [2.24, 2.45) is 0 Å². The summed E-state index contributed by atoms with van der Waals surface area (Å²) < 4.78 is 5.24. The van der Waals surface area contributed by atoms with E-state index in [-0.39, 0.29) is 5.91 Å². The summed E-state index contributed by atoms with van der Waals surface area (Å²) in [7, 11) is 0. The number of nitrogens with one attached hydrogen (secondary N) is 1. The van der Waals surface area contributed by atoms with Crippen molar-refractivity contribution >= 4 is 23.3 Å². The monoisotopic (exact) mass is 283 g/mol. The Balaban J connectivity index is 2.14. The molecule has 0 atom stereocenters. The summed E-state index contributed by atoms with van der Waals surface area (Å²) in [6.07, 6.45) is 2.52. The molecule has 2 heterocycles. The molecule has 1 fully saturated rings. The van der Waals surface area contributed by atoms with E-state index in [1.807, 2.05) is 0 Å². The van der Waals surface area contributed by atoms with Crippen molar-refractivity contribution in [3.63, 3.8) is 0 Å². The van der Waals surface area contributed by atoms with Crippen LogP contribution in [0.2, 0.25) is 5.02 Å². The summed E-state index contributed by atoms with van der Waals surface area (Å²) in [6, 6.07) is 1.72. The average Bonchev–Trinajstić information content (AvgIpc) is 2.46. The number of anilines is 1. The van der Waals surface area contributed by atoms with E-state index in [4.69, 9.17) is 16.3 Å². The van der Waals surface area contributed by atoms with Crippen molar-refractivity contribution in [1.29, 1.82) is 0 Å². The van der Waals surface area contributed by atoms with Gasteiger partial charge in [0.25, 0.3) is 5.91 Å². The molecule has 0 aromatic carbocycles. The van der Waals surface area contributed by atoms with Crippen molar-refractivity contribution in [2.45, 2.75) is 13.3 Å². The standard InChI is InChI=1S/C13H18ClN3O2/c1-2-3-15-12-8-10(11(14)9-16-12)13(18)17-4-6-19-7-5-17/h8-9H,2-7H2,1H3,(H,15,16). The highest BCUT2D eigenvalue weighted by molar-refractivity contribution is 6.33. The van der Waals surface area contributed by atoms with Crippen molar-refractivity contribution in [1.82, 2.24) is 9.88 Å². The minimum absolute atomic E-state index is 0.0600. The lowest BCUT2D eigenvalue weighted by Gasteiger charge is -2.27.